The van der Waals surface area contributed by atoms with Crippen molar-refractivity contribution in [1.82, 2.24) is 5.32 Å². The molecule has 2 rings (SSSR count). The van der Waals surface area contributed by atoms with Crippen LogP contribution < -0.4 is 10.6 Å². The molecule has 1 saturated carbocycles. The van der Waals surface area contributed by atoms with Crippen LogP contribution in [0.25, 0.3) is 0 Å². The molecule has 0 aromatic heterocycles. The zero-order chi connectivity index (χ0) is 18.0. The molecule has 3 N–H and O–H groups in total. The molecule has 1 aromatic rings. The molecule has 1 aliphatic carbocycles. The van der Waals surface area contributed by atoms with Crippen molar-refractivity contribution >= 4 is 11.6 Å². The summed E-state index contributed by atoms with van der Waals surface area (Å²) in [6.45, 7) is 11.0. The van der Waals surface area contributed by atoms with Gasteiger partial charge in [0.1, 0.15) is 0 Å². The smallest absolute Gasteiger partial charge is 0.238 e. The van der Waals surface area contributed by atoms with E-state index in [1.165, 1.54) is 5.56 Å². The summed E-state index contributed by atoms with van der Waals surface area (Å²) in [5.74, 6) is 0.474. The van der Waals surface area contributed by atoms with Gasteiger partial charge in [-0.1, -0.05) is 38.5 Å². The molecule has 1 fully saturated rings. The maximum atomic E-state index is 12.3. The first-order valence-corrected chi connectivity index (χ1v) is 8.88. The molecule has 2 atom stereocenters. The lowest BCUT2D eigenvalue weighted by molar-refractivity contribution is -0.116. The zero-order valence-electron chi connectivity index (χ0n) is 15.7. The molecule has 0 aliphatic heterocycles. The summed E-state index contributed by atoms with van der Waals surface area (Å²) in [5, 5.41) is 16.3. The number of aliphatic hydroxyl groups excluding tert-OH is 1. The Hall–Kier alpha value is -1.39. The van der Waals surface area contributed by atoms with Gasteiger partial charge in [-0.2, -0.15) is 0 Å². The van der Waals surface area contributed by atoms with Crippen LogP contribution in [0.3, 0.4) is 0 Å². The fraction of sp³-hybridized carbons (Fsp3) is 0.650. The Morgan fingerprint density at radius 1 is 1.29 bits per heavy atom. The van der Waals surface area contributed by atoms with Crippen molar-refractivity contribution in [1.29, 1.82) is 0 Å². The summed E-state index contributed by atoms with van der Waals surface area (Å²) < 4.78 is 0. The molecule has 1 aromatic carbocycles. The maximum Gasteiger partial charge on any atom is 0.238 e. The van der Waals surface area contributed by atoms with Crippen molar-refractivity contribution in [3.8, 4) is 0 Å². The molecule has 24 heavy (non-hydrogen) atoms. The number of nitrogens with one attached hydrogen (secondary N) is 2. The van der Waals surface area contributed by atoms with Gasteiger partial charge in [-0.25, -0.2) is 0 Å². The van der Waals surface area contributed by atoms with Gasteiger partial charge in [-0.15, -0.1) is 0 Å². The Kier molecular flexibility index (Phi) is 5.71. The minimum absolute atomic E-state index is 0.0641. The topological polar surface area (TPSA) is 61.4 Å². The van der Waals surface area contributed by atoms with Gasteiger partial charge in [0.05, 0.1) is 13.2 Å². The van der Waals surface area contributed by atoms with Gasteiger partial charge in [0.2, 0.25) is 5.91 Å². The first kappa shape index (κ1) is 18.9. The molecular formula is C20H32N2O2. The number of rotatable bonds is 5. The van der Waals surface area contributed by atoms with Gasteiger partial charge in [0.25, 0.3) is 0 Å². The molecule has 0 heterocycles. The van der Waals surface area contributed by atoms with Crippen LogP contribution in [-0.2, 0) is 4.79 Å². The van der Waals surface area contributed by atoms with E-state index in [0.29, 0.717) is 5.92 Å². The van der Waals surface area contributed by atoms with E-state index < -0.39 is 0 Å². The number of aliphatic hydroxyl groups is 1. The fourth-order valence-electron chi connectivity index (χ4n) is 4.47. The number of anilines is 1. The predicted octanol–water partition coefficient (Wildman–Crippen LogP) is 3.41. The average molecular weight is 332 g/mol. The quantitative estimate of drug-likeness (QED) is 0.774. The summed E-state index contributed by atoms with van der Waals surface area (Å²) in [7, 11) is 0. The molecule has 0 spiro atoms. The molecular weight excluding hydrogens is 300 g/mol. The SMILES string of the molecule is Cc1ccc(NC(=O)CNC2(CO)CC(C)CC(C)(C)C2)c(C)c1. The lowest BCUT2D eigenvalue weighted by Gasteiger charge is -2.47. The minimum Gasteiger partial charge on any atom is -0.394 e. The first-order chi connectivity index (χ1) is 11.1. The van der Waals surface area contributed by atoms with Gasteiger partial charge in [-0.05, 0) is 56.1 Å². The Labute approximate surface area is 146 Å². The highest BCUT2D eigenvalue weighted by Gasteiger charge is 2.42. The Bertz CT molecular complexity index is 597. The van der Waals surface area contributed by atoms with Gasteiger partial charge in [-0.3, -0.25) is 4.79 Å². The highest BCUT2D eigenvalue weighted by atomic mass is 16.3. The molecule has 4 nitrogen and oxygen atoms in total. The number of hydrogen-bond donors (Lipinski definition) is 3. The maximum absolute atomic E-state index is 12.3. The summed E-state index contributed by atoms with van der Waals surface area (Å²) >= 11 is 0. The Morgan fingerprint density at radius 3 is 2.58 bits per heavy atom. The molecule has 1 aliphatic rings. The van der Waals surface area contributed by atoms with Crippen molar-refractivity contribution in [3.05, 3.63) is 29.3 Å². The third-order valence-electron chi connectivity index (χ3n) is 5.04. The Morgan fingerprint density at radius 2 is 2.00 bits per heavy atom. The molecule has 2 unspecified atom stereocenters. The standard InChI is InChI=1S/C20H32N2O2/c1-14-6-7-17(16(3)8-14)22-18(24)11-21-20(13-23)10-15(2)9-19(4,5)12-20/h6-8,15,21,23H,9-13H2,1-5H3,(H,22,24). The summed E-state index contributed by atoms with van der Waals surface area (Å²) in [4.78, 5) is 12.3. The minimum atomic E-state index is -0.360. The molecule has 4 heteroatoms. The van der Waals surface area contributed by atoms with E-state index in [-0.39, 0.29) is 30.0 Å². The van der Waals surface area contributed by atoms with E-state index in [0.717, 1.165) is 30.5 Å². The molecule has 1 amide bonds. The van der Waals surface area contributed by atoms with Gasteiger partial charge in [0, 0.05) is 11.2 Å². The highest BCUT2D eigenvalue weighted by Crippen LogP contribution is 2.43. The summed E-state index contributed by atoms with van der Waals surface area (Å²) in [6, 6.07) is 6.00. The van der Waals surface area contributed by atoms with Crippen LogP contribution >= 0.6 is 0 Å². The lowest BCUT2D eigenvalue weighted by Crippen LogP contribution is -2.56. The van der Waals surface area contributed by atoms with Crippen molar-refractivity contribution in [3.63, 3.8) is 0 Å². The van der Waals surface area contributed by atoms with Crippen molar-refractivity contribution < 1.29 is 9.90 Å². The second kappa shape index (κ2) is 7.24. The van der Waals surface area contributed by atoms with Crippen LogP contribution in [0.5, 0.6) is 0 Å². The van der Waals surface area contributed by atoms with E-state index in [9.17, 15) is 9.90 Å². The molecule has 134 valence electrons. The number of carbonyl (C=O) groups is 1. The van der Waals surface area contributed by atoms with Crippen molar-refractivity contribution in [2.24, 2.45) is 11.3 Å². The third-order valence-corrected chi connectivity index (χ3v) is 5.04. The summed E-state index contributed by atoms with van der Waals surface area (Å²) in [6.07, 6.45) is 2.95. The number of aryl methyl sites for hydroxylation is 2. The number of amides is 1. The normalized spacial score (nSPS) is 26.2. The van der Waals surface area contributed by atoms with Crippen molar-refractivity contribution in [2.75, 3.05) is 18.5 Å². The molecule has 0 radical (unpaired) electrons. The van der Waals surface area contributed by atoms with Crippen LogP contribution in [0, 0.1) is 25.2 Å². The fourth-order valence-corrected chi connectivity index (χ4v) is 4.47. The summed E-state index contributed by atoms with van der Waals surface area (Å²) in [5.41, 5.74) is 2.91. The molecule has 0 bridgehead atoms. The number of benzene rings is 1. The largest absolute Gasteiger partial charge is 0.394 e. The van der Waals surface area contributed by atoms with Crippen LogP contribution in [0.15, 0.2) is 18.2 Å². The van der Waals surface area contributed by atoms with E-state index >= 15 is 0 Å². The zero-order valence-corrected chi connectivity index (χ0v) is 15.7. The Balaban J connectivity index is 1.98. The van der Waals surface area contributed by atoms with Crippen LogP contribution in [0.4, 0.5) is 5.69 Å². The van der Waals surface area contributed by atoms with Gasteiger partial charge < -0.3 is 15.7 Å². The van der Waals surface area contributed by atoms with E-state index in [1.54, 1.807) is 0 Å². The first-order valence-electron chi connectivity index (χ1n) is 8.88. The lowest BCUT2D eigenvalue weighted by atomic mass is 9.64. The third kappa shape index (κ3) is 4.81. The van der Waals surface area contributed by atoms with Crippen LogP contribution in [0.2, 0.25) is 0 Å². The predicted molar refractivity (Wildman–Crippen MR) is 99.2 cm³/mol. The number of carbonyl (C=O) groups excluding carboxylic acids is 1. The average Bonchev–Trinajstić information content (AvgIpc) is 2.46. The van der Waals surface area contributed by atoms with E-state index in [2.05, 4.69) is 37.5 Å². The van der Waals surface area contributed by atoms with Crippen LogP contribution in [-0.4, -0.2) is 29.7 Å². The van der Waals surface area contributed by atoms with E-state index in [1.807, 2.05) is 26.0 Å². The van der Waals surface area contributed by atoms with Crippen molar-refractivity contribution in [2.45, 2.75) is 59.4 Å². The monoisotopic (exact) mass is 332 g/mol. The second-order valence-electron chi connectivity index (χ2n) is 8.51. The molecule has 0 saturated heterocycles. The highest BCUT2D eigenvalue weighted by molar-refractivity contribution is 5.93. The van der Waals surface area contributed by atoms with Gasteiger partial charge in [0.15, 0.2) is 0 Å². The van der Waals surface area contributed by atoms with Gasteiger partial charge >= 0.3 is 0 Å². The number of hydrogen-bond acceptors (Lipinski definition) is 3. The van der Waals surface area contributed by atoms with Crippen LogP contribution in [0.1, 0.15) is 51.2 Å². The second-order valence-corrected chi connectivity index (χ2v) is 8.51. The van der Waals surface area contributed by atoms with E-state index in [4.69, 9.17) is 0 Å².